The average Bonchev–Trinajstić information content (AvgIpc) is 3.49. The van der Waals surface area contributed by atoms with Crippen LogP contribution in [0.1, 0.15) is 42.6 Å². The first kappa shape index (κ1) is 23.1. The number of benzene rings is 2. The standard InChI is InChI=1S/C25H23ClFN5O3/c1-12(2)35-21-6-3-13(7-15(21)11-28)24(34)32-20-9-14(8-17(20)27)22(32)23(33)31-25-29-18-5-4-16(26)10-19(18)30-25/h3-7,10,12,14,17,20,22H,8-9H2,1-2H3,(H2,29,30,31,33)/t14?,17-,20?,22+/m0/s1. The first-order valence-electron chi connectivity index (χ1n) is 11.4. The van der Waals surface area contributed by atoms with E-state index in [0.29, 0.717) is 28.2 Å². The number of rotatable bonds is 5. The topological polar surface area (TPSA) is 111 Å². The quantitative estimate of drug-likeness (QED) is 0.543. The summed E-state index contributed by atoms with van der Waals surface area (Å²) in [5.74, 6) is -0.658. The van der Waals surface area contributed by atoms with Gasteiger partial charge in [0.1, 0.15) is 24.0 Å². The predicted molar refractivity (Wildman–Crippen MR) is 128 cm³/mol. The highest BCUT2D eigenvalue weighted by atomic mass is 35.5. The molecule has 0 spiro atoms. The minimum atomic E-state index is -1.21. The van der Waals surface area contributed by atoms with Crippen LogP contribution < -0.4 is 10.1 Å². The summed E-state index contributed by atoms with van der Waals surface area (Å²) < 4.78 is 20.3. The second kappa shape index (κ2) is 8.86. The largest absolute Gasteiger partial charge is 0.490 e. The van der Waals surface area contributed by atoms with Gasteiger partial charge in [-0.1, -0.05) is 11.6 Å². The number of imidazole rings is 1. The summed E-state index contributed by atoms with van der Waals surface area (Å²) in [4.78, 5) is 35.5. The first-order chi connectivity index (χ1) is 16.7. The molecule has 1 aliphatic heterocycles. The van der Waals surface area contributed by atoms with Crippen molar-refractivity contribution < 1.29 is 18.7 Å². The molecule has 0 radical (unpaired) electrons. The summed E-state index contributed by atoms with van der Waals surface area (Å²) in [6.45, 7) is 3.67. The minimum absolute atomic E-state index is 0.146. The highest BCUT2D eigenvalue weighted by Crippen LogP contribution is 2.45. The summed E-state index contributed by atoms with van der Waals surface area (Å²) >= 11 is 6.02. The number of piperidine rings is 1. The molecule has 2 N–H and O–H groups in total. The fraction of sp³-hybridized carbons (Fsp3) is 0.360. The molecule has 2 aromatic carbocycles. The molecule has 5 rings (SSSR count). The number of nitrogens with zero attached hydrogens (tertiary/aromatic N) is 3. The Morgan fingerprint density at radius 1 is 1.29 bits per heavy atom. The lowest BCUT2D eigenvalue weighted by molar-refractivity contribution is -0.122. The van der Waals surface area contributed by atoms with E-state index in [1.807, 2.05) is 19.9 Å². The van der Waals surface area contributed by atoms with Gasteiger partial charge in [-0.05, 0) is 69.0 Å². The van der Waals surface area contributed by atoms with Crippen LogP contribution in [0, 0.1) is 17.2 Å². The van der Waals surface area contributed by atoms with Gasteiger partial charge in [-0.25, -0.2) is 9.37 Å². The zero-order valence-electron chi connectivity index (χ0n) is 19.1. The fourth-order valence-corrected chi connectivity index (χ4v) is 5.26. The highest BCUT2D eigenvalue weighted by Gasteiger charge is 2.56. The van der Waals surface area contributed by atoms with Crippen molar-refractivity contribution in [3.63, 3.8) is 0 Å². The van der Waals surface area contributed by atoms with Crippen LogP contribution in [0.25, 0.3) is 11.0 Å². The Labute approximate surface area is 206 Å². The Balaban J connectivity index is 1.42. The number of nitriles is 1. The maximum absolute atomic E-state index is 14.7. The van der Waals surface area contributed by atoms with Gasteiger partial charge in [-0.2, -0.15) is 5.26 Å². The van der Waals surface area contributed by atoms with E-state index in [0.717, 1.165) is 0 Å². The van der Waals surface area contributed by atoms with E-state index < -0.39 is 30.1 Å². The molecule has 180 valence electrons. The number of H-pyrrole nitrogens is 1. The lowest BCUT2D eigenvalue weighted by Crippen LogP contribution is -2.54. The van der Waals surface area contributed by atoms with Crippen LogP contribution in [0.5, 0.6) is 5.75 Å². The number of hydrogen-bond donors (Lipinski definition) is 2. The average molecular weight is 496 g/mol. The predicted octanol–water partition coefficient (Wildman–Crippen LogP) is 4.45. The Morgan fingerprint density at radius 3 is 2.83 bits per heavy atom. The van der Waals surface area contributed by atoms with E-state index in [4.69, 9.17) is 16.3 Å². The zero-order chi connectivity index (χ0) is 24.9. The molecule has 3 aromatic rings. The van der Waals surface area contributed by atoms with E-state index in [1.165, 1.54) is 17.0 Å². The molecular weight excluding hydrogens is 473 g/mol. The second-order valence-corrected chi connectivity index (χ2v) is 9.63. The first-order valence-corrected chi connectivity index (χ1v) is 11.8. The zero-order valence-corrected chi connectivity index (χ0v) is 19.8. The van der Waals surface area contributed by atoms with Crippen molar-refractivity contribution in [1.29, 1.82) is 5.26 Å². The molecule has 10 heteroatoms. The number of carbonyl (C=O) groups excluding carboxylic acids is 2. The Morgan fingerprint density at radius 2 is 2.09 bits per heavy atom. The van der Waals surface area contributed by atoms with E-state index in [-0.39, 0.29) is 35.5 Å². The van der Waals surface area contributed by atoms with Gasteiger partial charge < -0.3 is 14.6 Å². The van der Waals surface area contributed by atoms with Crippen molar-refractivity contribution in [2.24, 2.45) is 5.92 Å². The molecular formula is C25H23ClFN5O3. The summed E-state index contributed by atoms with van der Waals surface area (Å²) in [6.07, 6.45) is -0.735. The molecule has 2 heterocycles. The van der Waals surface area contributed by atoms with Crippen molar-refractivity contribution in [2.45, 2.75) is 51.0 Å². The molecule has 1 saturated heterocycles. The Bertz CT molecular complexity index is 1370. The highest BCUT2D eigenvalue weighted by molar-refractivity contribution is 6.31. The fourth-order valence-electron chi connectivity index (χ4n) is 5.08. The number of amides is 2. The molecule has 8 nitrogen and oxygen atoms in total. The number of nitrogens with one attached hydrogen (secondary N) is 2. The van der Waals surface area contributed by atoms with Gasteiger partial charge in [0.25, 0.3) is 5.91 Å². The number of aromatic nitrogens is 2. The molecule has 2 fully saturated rings. The van der Waals surface area contributed by atoms with Crippen LogP contribution in [0.15, 0.2) is 36.4 Å². The van der Waals surface area contributed by atoms with Gasteiger partial charge in [-0.3, -0.25) is 14.9 Å². The lowest BCUT2D eigenvalue weighted by atomic mass is 9.96. The van der Waals surface area contributed by atoms with Gasteiger partial charge in [0.05, 0.1) is 28.7 Å². The Kier molecular flexibility index (Phi) is 5.85. The monoisotopic (exact) mass is 495 g/mol. The van der Waals surface area contributed by atoms with Crippen molar-refractivity contribution in [1.82, 2.24) is 14.9 Å². The van der Waals surface area contributed by atoms with Crippen molar-refractivity contribution in [3.8, 4) is 11.8 Å². The number of hydrogen-bond acceptors (Lipinski definition) is 5. The molecule has 2 amide bonds. The van der Waals surface area contributed by atoms with Crippen LogP contribution in [0.3, 0.4) is 0 Å². The normalized spacial score (nSPS) is 23.0. The van der Waals surface area contributed by atoms with Crippen molar-refractivity contribution in [2.75, 3.05) is 5.32 Å². The van der Waals surface area contributed by atoms with Crippen LogP contribution in [-0.2, 0) is 4.79 Å². The summed E-state index contributed by atoms with van der Waals surface area (Å²) in [5.41, 5.74) is 1.69. The van der Waals surface area contributed by atoms with E-state index >= 15 is 0 Å². The maximum atomic E-state index is 14.7. The number of fused-ring (bicyclic) bond motifs is 3. The van der Waals surface area contributed by atoms with Crippen LogP contribution >= 0.6 is 11.6 Å². The molecule has 2 unspecified atom stereocenters. The van der Waals surface area contributed by atoms with Crippen molar-refractivity contribution in [3.05, 3.63) is 52.5 Å². The molecule has 2 aliphatic rings. The Hall–Kier alpha value is -3.64. The number of halogens is 2. The van der Waals surface area contributed by atoms with Gasteiger partial charge in [-0.15, -0.1) is 0 Å². The summed E-state index contributed by atoms with van der Waals surface area (Å²) in [5, 5.41) is 12.8. The molecule has 4 atom stereocenters. The molecule has 35 heavy (non-hydrogen) atoms. The number of alkyl halides is 1. The SMILES string of the molecule is CC(C)Oc1ccc(C(=O)N2C3CC(C[C@@H]3F)[C@@H]2C(=O)Nc2nc3ccc(Cl)cc3[nH]2)cc1C#N. The summed E-state index contributed by atoms with van der Waals surface area (Å²) in [6, 6.07) is 10.1. The van der Waals surface area contributed by atoms with E-state index in [1.54, 1.807) is 24.3 Å². The number of ether oxygens (including phenoxy) is 1. The van der Waals surface area contributed by atoms with E-state index in [2.05, 4.69) is 15.3 Å². The third kappa shape index (κ3) is 4.19. The number of carbonyl (C=O) groups is 2. The minimum Gasteiger partial charge on any atom is -0.490 e. The number of anilines is 1. The van der Waals surface area contributed by atoms with Gasteiger partial charge in [0.2, 0.25) is 11.9 Å². The lowest BCUT2D eigenvalue weighted by Gasteiger charge is -2.36. The molecule has 2 bridgehead atoms. The van der Waals surface area contributed by atoms with Crippen LogP contribution in [0.4, 0.5) is 10.3 Å². The van der Waals surface area contributed by atoms with Gasteiger partial charge >= 0.3 is 0 Å². The smallest absolute Gasteiger partial charge is 0.254 e. The summed E-state index contributed by atoms with van der Waals surface area (Å²) in [7, 11) is 0. The number of likely N-dealkylation sites (tertiary alicyclic amines) is 1. The van der Waals surface area contributed by atoms with Crippen LogP contribution in [0.2, 0.25) is 5.02 Å². The van der Waals surface area contributed by atoms with Gasteiger partial charge in [0, 0.05) is 10.6 Å². The third-order valence-corrected chi connectivity index (χ3v) is 6.73. The van der Waals surface area contributed by atoms with Gasteiger partial charge in [0.15, 0.2) is 0 Å². The third-order valence-electron chi connectivity index (χ3n) is 6.49. The van der Waals surface area contributed by atoms with Crippen LogP contribution in [-0.4, -0.2) is 51.0 Å². The van der Waals surface area contributed by atoms with Crippen molar-refractivity contribution >= 4 is 40.4 Å². The molecule has 1 aromatic heterocycles. The number of aromatic amines is 1. The maximum Gasteiger partial charge on any atom is 0.254 e. The second-order valence-electron chi connectivity index (χ2n) is 9.20. The van der Waals surface area contributed by atoms with E-state index in [9.17, 15) is 19.2 Å². The molecule has 1 saturated carbocycles. The molecule has 1 aliphatic carbocycles.